The summed E-state index contributed by atoms with van der Waals surface area (Å²) in [5, 5.41) is 0. The third-order valence-corrected chi connectivity index (χ3v) is 2.27. The summed E-state index contributed by atoms with van der Waals surface area (Å²) in [4.78, 5) is 11.1. The van der Waals surface area contributed by atoms with Crippen LogP contribution in [0.2, 0.25) is 0 Å². The van der Waals surface area contributed by atoms with Gasteiger partial charge in [0.25, 0.3) is 0 Å². The van der Waals surface area contributed by atoms with Crippen LogP contribution in [0.25, 0.3) is 0 Å². The van der Waals surface area contributed by atoms with Crippen molar-refractivity contribution in [2.45, 2.75) is 19.0 Å². The first-order chi connectivity index (χ1) is 7.36. The van der Waals surface area contributed by atoms with E-state index in [-0.39, 0.29) is 0 Å². The number of halogens is 3. The zero-order valence-corrected chi connectivity index (χ0v) is 8.51. The van der Waals surface area contributed by atoms with Crippen LogP contribution >= 0.6 is 0 Å². The van der Waals surface area contributed by atoms with Crippen molar-refractivity contribution in [3.05, 3.63) is 35.4 Å². The van der Waals surface area contributed by atoms with E-state index in [0.29, 0.717) is 5.56 Å². The molecule has 1 atom stereocenters. The zero-order valence-electron chi connectivity index (χ0n) is 8.51. The fraction of sp³-hybridized carbons (Fsp3) is 0.300. The molecule has 1 aromatic rings. The molecule has 0 saturated carbocycles. The van der Waals surface area contributed by atoms with Gasteiger partial charge in [0.15, 0.2) is 0 Å². The summed E-state index contributed by atoms with van der Waals surface area (Å²) in [5.41, 5.74) is 1.69. The van der Waals surface area contributed by atoms with E-state index in [2.05, 4.69) is 0 Å². The average Bonchev–Trinajstić information content (AvgIpc) is 2.26. The number of carbonyl (C=O) groups excluding carboxylic acids is 1. The maximum absolute atomic E-state index is 12.2. The molecule has 6 heteroatoms. The third-order valence-electron chi connectivity index (χ3n) is 2.27. The lowest BCUT2D eigenvalue weighted by Gasteiger charge is -2.11. The van der Waals surface area contributed by atoms with Gasteiger partial charge in [0.05, 0.1) is 11.5 Å². The second-order valence-electron chi connectivity index (χ2n) is 3.35. The Labute approximate surface area is 90.4 Å². The van der Waals surface area contributed by atoms with Gasteiger partial charge in [-0.15, -0.1) is 0 Å². The molecule has 0 aliphatic heterocycles. The topological polar surface area (TPSA) is 55.1 Å². The minimum absolute atomic E-state index is 0.445. The van der Waals surface area contributed by atoms with Crippen LogP contribution in [0, 0.1) is 0 Å². The predicted octanol–water partition coefficient (Wildman–Crippen LogP) is 1.80. The highest BCUT2D eigenvalue weighted by Gasteiger charge is 2.30. The Morgan fingerprint density at radius 2 is 1.81 bits per heavy atom. The molecular weight excluding hydrogens is 221 g/mol. The summed E-state index contributed by atoms with van der Waals surface area (Å²) in [6.07, 6.45) is -4.36. The Morgan fingerprint density at radius 1 is 1.31 bits per heavy atom. The highest BCUT2D eigenvalue weighted by Crippen LogP contribution is 2.30. The van der Waals surface area contributed by atoms with E-state index in [1.54, 1.807) is 6.92 Å². The lowest BCUT2D eigenvalue weighted by Crippen LogP contribution is -2.33. The molecule has 0 saturated heterocycles. The largest absolute Gasteiger partial charge is 0.416 e. The Balaban J connectivity index is 2.91. The average molecular weight is 232 g/mol. The molecule has 3 N–H and O–H groups in total. The van der Waals surface area contributed by atoms with Gasteiger partial charge in [0.1, 0.15) is 0 Å². The number of hydrazine groups is 1. The molecule has 1 aromatic carbocycles. The second kappa shape index (κ2) is 4.52. The van der Waals surface area contributed by atoms with Crippen molar-refractivity contribution < 1.29 is 18.0 Å². The molecular formula is C10H11F3N2O. The summed E-state index contributed by atoms with van der Waals surface area (Å²) in [6.45, 7) is 1.56. The van der Waals surface area contributed by atoms with E-state index in [4.69, 9.17) is 5.84 Å². The summed E-state index contributed by atoms with van der Waals surface area (Å²) in [6, 6.07) is 4.41. The molecule has 0 bridgehead atoms. The van der Waals surface area contributed by atoms with Crippen LogP contribution in [0.3, 0.4) is 0 Å². The molecule has 0 aliphatic rings. The molecule has 0 radical (unpaired) electrons. The molecule has 0 fully saturated rings. The number of rotatable bonds is 2. The lowest BCUT2D eigenvalue weighted by atomic mass is 9.99. The summed E-state index contributed by atoms with van der Waals surface area (Å²) in [7, 11) is 0. The van der Waals surface area contributed by atoms with Crippen molar-refractivity contribution >= 4 is 5.91 Å². The molecule has 16 heavy (non-hydrogen) atoms. The molecule has 88 valence electrons. The highest BCUT2D eigenvalue weighted by atomic mass is 19.4. The molecule has 1 amide bonds. The summed E-state index contributed by atoms with van der Waals surface area (Å²) in [5.74, 6) is 3.91. The van der Waals surface area contributed by atoms with E-state index in [0.717, 1.165) is 12.1 Å². The van der Waals surface area contributed by atoms with Gasteiger partial charge in [-0.3, -0.25) is 10.2 Å². The fourth-order valence-electron chi connectivity index (χ4n) is 1.24. The number of carbonyl (C=O) groups is 1. The molecule has 1 unspecified atom stereocenters. The maximum Gasteiger partial charge on any atom is 0.416 e. The van der Waals surface area contributed by atoms with Crippen LogP contribution in [0.5, 0.6) is 0 Å². The first-order valence-corrected chi connectivity index (χ1v) is 4.54. The Kier molecular flexibility index (Phi) is 3.54. The summed E-state index contributed by atoms with van der Waals surface area (Å²) >= 11 is 0. The normalized spacial score (nSPS) is 13.3. The number of hydrogen-bond acceptors (Lipinski definition) is 2. The van der Waals surface area contributed by atoms with Gasteiger partial charge in [-0.25, -0.2) is 5.84 Å². The van der Waals surface area contributed by atoms with Gasteiger partial charge in [-0.1, -0.05) is 12.1 Å². The van der Waals surface area contributed by atoms with Gasteiger partial charge < -0.3 is 0 Å². The van der Waals surface area contributed by atoms with E-state index >= 15 is 0 Å². The molecule has 0 aliphatic carbocycles. The Bertz CT molecular complexity index is 373. The van der Waals surface area contributed by atoms with E-state index in [1.807, 2.05) is 5.43 Å². The molecule has 1 rings (SSSR count). The van der Waals surface area contributed by atoms with Crippen LogP contribution in [0.4, 0.5) is 13.2 Å². The fourth-order valence-corrected chi connectivity index (χ4v) is 1.24. The minimum atomic E-state index is -4.36. The zero-order chi connectivity index (χ0) is 12.3. The van der Waals surface area contributed by atoms with Crippen molar-refractivity contribution in [3.8, 4) is 0 Å². The molecule has 0 spiro atoms. The number of nitrogens with one attached hydrogen (secondary N) is 1. The minimum Gasteiger partial charge on any atom is -0.294 e. The van der Waals surface area contributed by atoms with Gasteiger partial charge in [0.2, 0.25) is 5.91 Å². The Morgan fingerprint density at radius 3 is 2.19 bits per heavy atom. The highest BCUT2D eigenvalue weighted by molar-refractivity contribution is 5.82. The number of benzene rings is 1. The first-order valence-electron chi connectivity index (χ1n) is 4.54. The standard InChI is InChI=1S/C10H11F3N2O/c1-6(9(16)15-14)7-2-4-8(5-3-7)10(11,12)13/h2-6H,14H2,1H3,(H,15,16). The number of nitrogens with two attached hydrogens (primary N) is 1. The van der Waals surface area contributed by atoms with Gasteiger partial charge in [-0.05, 0) is 24.6 Å². The molecule has 0 heterocycles. The van der Waals surface area contributed by atoms with Crippen LogP contribution in [0.15, 0.2) is 24.3 Å². The van der Waals surface area contributed by atoms with Crippen LogP contribution in [-0.2, 0) is 11.0 Å². The quantitative estimate of drug-likeness (QED) is 0.464. The monoisotopic (exact) mass is 232 g/mol. The van der Waals surface area contributed by atoms with Crippen molar-refractivity contribution in [3.63, 3.8) is 0 Å². The number of alkyl halides is 3. The van der Waals surface area contributed by atoms with E-state index in [1.165, 1.54) is 12.1 Å². The Hall–Kier alpha value is -1.56. The molecule has 3 nitrogen and oxygen atoms in total. The van der Waals surface area contributed by atoms with E-state index in [9.17, 15) is 18.0 Å². The number of hydrogen-bond donors (Lipinski definition) is 2. The van der Waals surface area contributed by atoms with Crippen molar-refractivity contribution in [2.75, 3.05) is 0 Å². The van der Waals surface area contributed by atoms with Gasteiger partial charge in [-0.2, -0.15) is 13.2 Å². The first kappa shape index (κ1) is 12.5. The van der Waals surface area contributed by atoms with Crippen molar-refractivity contribution in [1.29, 1.82) is 0 Å². The lowest BCUT2D eigenvalue weighted by molar-refractivity contribution is -0.137. The van der Waals surface area contributed by atoms with Gasteiger partial charge >= 0.3 is 6.18 Å². The van der Waals surface area contributed by atoms with Crippen LogP contribution < -0.4 is 11.3 Å². The summed E-state index contributed by atoms with van der Waals surface area (Å²) < 4.78 is 36.7. The number of amides is 1. The second-order valence-corrected chi connectivity index (χ2v) is 3.35. The molecule has 0 aromatic heterocycles. The maximum atomic E-state index is 12.2. The van der Waals surface area contributed by atoms with Crippen molar-refractivity contribution in [2.24, 2.45) is 5.84 Å². The smallest absolute Gasteiger partial charge is 0.294 e. The van der Waals surface area contributed by atoms with Crippen molar-refractivity contribution in [1.82, 2.24) is 5.43 Å². The SMILES string of the molecule is CC(C(=O)NN)c1ccc(C(F)(F)F)cc1. The van der Waals surface area contributed by atoms with Gasteiger partial charge in [0, 0.05) is 0 Å². The van der Waals surface area contributed by atoms with E-state index < -0.39 is 23.6 Å². The predicted molar refractivity (Wildman–Crippen MR) is 52.2 cm³/mol. The third kappa shape index (κ3) is 2.73. The van der Waals surface area contributed by atoms with Crippen LogP contribution in [-0.4, -0.2) is 5.91 Å². The van der Waals surface area contributed by atoms with Crippen LogP contribution in [0.1, 0.15) is 24.0 Å².